The van der Waals surface area contributed by atoms with Gasteiger partial charge in [-0.15, -0.1) is 0 Å². The SMILES string of the molecule is CC(C)c1ccccc1[C@@H]1COCCN1C1CC2(CCN(c3ccc(C(=O)NS(=O)(=O)c4cc([N+](=O)[O-])c5c(n4)NC[C@H](CC4CCC(C)(O)CC4)O5)c(Oc4cnc5[nH]ccc5c4)c3)CC2)C1. The molecule has 68 heavy (non-hydrogen) atoms. The van der Waals surface area contributed by atoms with Crippen molar-refractivity contribution in [2.45, 2.75) is 113 Å². The van der Waals surface area contributed by atoms with E-state index < -0.39 is 43.3 Å². The van der Waals surface area contributed by atoms with E-state index in [1.807, 2.05) is 13.0 Å². The van der Waals surface area contributed by atoms with Crippen molar-refractivity contribution in [2.24, 2.45) is 11.3 Å². The molecule has 10 rings (SSSR count). The summed E-state index contributed by atoms with van der Waals surface area (Å²) < 4.78 is 48.5. The first-order valence-corrected chi connectivity index (χ1v) is 25.4. The maximum Gasteiger partial charge on any atom is 0.317 e. The highest BCUT2D eigenvalue weighted by Gasteiger charge is 2.50. The van der Waals surface area contributed by atoms with Crippen molar-refractivity contribution in [3.05, 3.63) is 99.9 Å². The molecular formula is C50H60N8O9S. The number of hydrogen-bond acceptors (Lipinski definition) is 14. The lowest BCUT2D eigenvalue weighted by molar-refractivity contribution is -0.386. The number of sulfonamides is 1. The number of aliphatic hydroxyl groups is 1. The lowest BCUT2D eigenvalue weighted by atomic mass is 9.59. The van der Waals surface area contributed by atoms with Gasteiger partial charge in [0, 0.05) is 49.0 Å². The summed E-state index contributed by atoms with van der Waals surface area (Å²) in [6.45, 7) is 10.6. The third kappa shape index (κ3) is 9.34. The average Bonchev–Trinajstić information content (AvgIpc) is 3.79. The molecule has 5 aliphatic rings. The minimum atomic E-state index is -4.76. The fraction of sp³-hybridized carbons (Fsp3) is 0.500. The van der Waals surface area contributed by atoms with Gasteiger partial charge < -0.3 is 34.5 Å². The number of nitro groups is 1. The maximum absolute atomic E-state index is 14.1. The molecule has 2 saturated carbocycles. The zero-order chi connectivity index (χ0) is 47.4. The maximum atomic E-state index is 14.1. The molecule has 1 amide bonds. The van der Waals surface area contributed by atoms with Gasteiger partial charge in [-0.05, 0) is 117 Å². The lowest BCUT2D eigenvalue weighted by Gasteiger charge is -2.57. The molecule has 0 bridgehead atoms. The monoisotopic (exact) mass is 948 g/mol. The van der Waals surface area contributed by atoms with Crippen LogP contribution in [-0.2, 0) is 14.8 Å². The number of H-pyrrole nitrogens is 1. The summed E-state index contributed by atoms with van der Waals surface area (Å²) >= 11 is 0. The Labute approximate surface area is 396 Å². The topological polar surface area (TPSA) is 214 Å². The molecule has 4 fully saturated rings. The zero-order valence-electron chi connectivity index (χ0n) is 38.8. The predicted molar refractivity (Wildman–Crippen MR) is 256 cm³/mol. The Kier molecular flexibility index (Phi) is 12.3. The van der Waals surface area contributed by atoms with E-state index in [4.69, 9.17) is 14.2 Å². The number of nitrogens with zero attached hydrogens (tertiary/aromatic N) is 5. The largest absolute Gasteiger partial charge is 0.479 e. The number of piperidine rings is 1. The van der Waals surface area contributed by atoms with Crippen molar-refractivity contribution in [1.29, 1.82) is 0 Å². The van der Waals surface area contributed by atoms with Gasteiger partial charge in [0.25, 0.3) is 15.9 Å². The summed E-state index contributed by atoms with van der Waals surface area (Å²) in [4.78, 5) is 42.4. The van der Waals surface area contributed by atoms with Gasteiger partial charge in [0.15, 0.2) is 10.8 Å². The van der Waals surface area contributed by atoms with Crippen LogP contribution in [0.4, 0.5) is 17.2 Å². The Hall–Kier alpha value is -5.82. The highest BCUT2D eigenvalue weighted by Crippen LogP contribution is 2.53. The molecule has 1 spiro atoms. The number of carbonyl (C=O) groups is 1. The summed E-state index contributed by atoms with van der Waals surface area (Å²) in [5, 5.41) is 25.8. The number of rotatable bonds is 12. The summed E-state index contributed by atoms with van der Waals surface area (Å²) in [5.74, 6) is -0.115. The van der Waals surface area contributed by atoms with E-state index in [0.29, 0.717) is 49.2 Å². The van der Waals surface area contributed by atoms with Crippen molar-refractivity contribution < 1.29 is 37.5 Å². The van der Waals surface area contributed by atoms with Crippen LogP contribution in [0.15, 0.2) is 78.1 Å². The van der Waals surface area contributed by atoms with E-state index in [1.165, 1.54) is 17.3 Å². The number of aromatic nitrogens is 3. The molecule has 2 aliphatic carbocycles. The van der Waals surface area contributed by atoms with Crippen LogP contribution in [0.3, 0.4) is 0 Å². The molecule has 5 aromatic rings. The summed E-state index contributed by atoms with van der Waals surface area (Å²) in [7, 11) is -4.76. The Balaban J connectivity index is 0.847. The number of morpholine rings is 1. The zero-order valence-corrected chi connectivity index (χ0v) is 39.6. The van der Waals surface area contributed by atoms with Crippen molar-refractivity contribution in [3.63, 3.8) is 0 Å². The number of ether oxygens (including phenoxy) is 3. The van der Waals surface area contributed by atoms with E-state index in [2.05, 4.69) is 72.9 Å². The number of benzene rings is 2. The van der Waals surface area contributed by atoms with E-state index in [-0.39, 0.29) is 46.8 Å². The molecule has 360 valence electrons. The molecule has 17 nitrogen and oxygen atoms in total. The molecule has 0 radical (unpaired) electrons. The van der Waals surface area contributed by atoms with Gasteiger partial charge in [0.1, 0.15) is 23.3 Å². The fourth-order valence-corrected chi connectivity index (χ4v) is 12.2. The molecule has 0 unspecified atom stereocenters. The number of nitrogens with one attached hydrogen (secondary N) is 3. The van der Waals surface area contributed by atoms with Crippen LogP contribution < -0.4 is 24.4 Å². The molecule has 6 heterocycles. The van der Waals surface area contributed by atoms with Gasteiger partial charge in [-0.25, -0.2) is 14.7 Å². The molecule has 4 N–H and O–H groups in total. The Morgan fingerprint density at radius 2 is 1.84 bits per heavy atom. The van der Waals surface area contributed by atoms with Gasteiger partial charge in [-0.2, -0.15) is 8.42 Å². The standard InChI is InChI=1S/C50H60N8O9S/c1-31(2)38-6-4-5-7-39(38)42-30-65-21-20-57(42)35-26-50(27-35)15-18-56(19-16-50)34-8-9-40(43(24-34)66-37-23-33-12-17-51-46(33)52-29-37)48(59)55-68(63,64)44-25-41(58(61)62)45-47(54-44)53-28-36(67-45)22-32-10-13-49(3,60)14-11-32/h4-9,12,17,23-25,29,31-32,35-36,42,60H,10-11,13-16,18-22,26-28,30H2,1-3H3,(H,51,52)(H,53,54)(H,55,59)/t32?,36-,42-,49?/m0/s1. The minimum Gasteiger partial charge on any atom is -0.479 e. The molecule has 2 atom stereocenters. The van der Waals surface area contributed by atoms with Gasteiger partial charge >= 0.3 is 5.69 Å². The highest BCUT2D eigenvalue weighted by atomic mass is 32.2. The normalized spacial score (nSPS) is 24.2. The Bertz CT molecular complexity index is 2810. The first-order valence-electron chi connectivity index (χ1n) is 23.9. The van der Waals surface area contributed by atoms with Crippen molar-refractivity contribution in [2.75, 3.05) is 49.6 Å². The predicted octanol–water partition coefficient (Wildman–Crippen LogP) is 8.23. The van der Waals surface area contributed by atoms with E-state index >= 15 is 0 Å². The van der Waals surface area contributed by atoms with E-state index in [1.54, 1.807) is 30.5 Å². The number of hydrogen-bond donors (Lipinski definition) is 4. The number of fused-ring (bicyclic) bond motifs is 2. The second-order valence-electron chi connectivity index (χ2n) is 20.2. The third-order valence-corrected chi connectivity index (χ3v) is 16.4. The van der Waals surface area contributed by atoms with Crippen LogP contribution in [0.25, 0.3) is 11.0 Å². The first kappa shape index (κ1) is 45.9. The molecular weight excluding hydrogens is 889 g/mol. The van der Waals surface area contributed by atoms with Crippen LogP contribution in [0.2, 0.25) is 0 Å². The van der Waals surface area contributed by atoms with Crippen LogP contribution in [0.1, 0.15) is 112 Å². The number of aromatic amines is 1. The van der Waals surface area contributed by atoms with Crippen molar-refractivity contribution >= 4 is 44.2 Å². The van der Waals surface area contributed by atoms with Gasteiger partial charge in [0.2, 0.25) is 5.75 Å². The number of amides is 1. The molecule has 18 heteroatoms. The fourth-order valence-electron chi connectivity index (χ4n) is 11.3. The van der Waals surface area contributed by atoms with Gasteiger partial charge in [0.05, 0.1) is 54.2 Å². The Morgan fingerprint density at radius 3 is 2.60 bits per heavy atom. The summed E-state index contributed by atoms with van der Waals surface area (Å²) in [6, 6.07) is 19.0. The van der Waals surface area contributed by atoms with Crippen molar-refractivity contribution in [3.8, 4) is 17.2 Å². The first-order chi connectivity index (χ1) is 32.6. The lowest BCUT2D eigenvalue weighted by Crippen LogP contribution is -2.58. The van der Waals surface area contributed by atoms with Gasteiger partial charge in [-0.1, -0.05) is 38.1 Å². The van der Waals surface area contributed by atoms with Crippen LogP contribution in [-0.4, -0.2) is 101 Å². The van der Waals surface area contributed by atoms with E-state index in [9.17, 15) is 28.4 Å². The van der Waals surface area contributed by atoms with Crippen LogP contribution >= 0.6 is 0 Å². The Morgan fingerprint density at radius 1 is 1.06 bits per heavy atom. The summed E-state index contributed by atoms with van der Waals surface area (Å²) in [5.41, 5.74) is 3.12. The quantitative estimate of drug-likeness (QED) is 0.0685. The number of carbonyl (C=O) groups excluding carboxylic acids is 1. The molecule has 2 aromatic carbocycles. The molecule has 3 aliphatic heterocycles. The second-order valence-corrected chi connectivity index (χ2v) is 21.8. The van der Waals surface area contributed by atoms with Crippen molar-refractivity contribution in [1.82, 2.24) is 24.6 Å². The number of anilines is 2. The smallest absolute Gasteiger partial charge is 0.317 e. The van der Waals surface area contributed by atoms with E-state index in [0.717, 1.165) is 81.9 Å². The third-order valence-electron chi connectivity index (χ3n) is 15.1. The second kappa shape index (κ2) is 18.3. The average molecular weight is 949 g/mol. The molecule has 3 aromatic heterocycles. The minimum absolute atomic E-state index is 0.0677. The summed E-state index contributed by atoms with van der Waals surface area (Å²) in [6.07, 6.45) is 10.7. The number of pyridine rings is 2. The highest BCUT2D eigenvalue weighted by molar-refractivity contribution is 7.90. The van der Waals surface area contributed by atoms with Crippen LogP contribution in [0.5, 0.6) is 17.2 Å². The van der Waals surface area contributed by atoms with Crippen LogP contribution in [0, 0.1) is 21.4 Å². The van der Waals surface area contributed by atoms with Gasteiger partial charge in [-0.3, -0.25) is 19.8 Å². The molecule has 2 saturated heterocycles.